The van der Waals surface area contributed by atoms with Crippen molar-refractivity contribution < 1.29 is 49.2 Å². The molecule has 4 aromatic heterocycles. The summed E-state index contributed by atoms with van der Waals surface area (Å²) in [5.41, 5.74) is 3.21. The molecule has 0 aliphatic carbocycles. The number of fused-ring (bicyclic) bond motifs is 1. The number of nitrogens with zero attached hydrogens (tertiary/aromatic N) is 6. The topological polar surface area (TPSA) is 327 Å². The molecule has 23 heteroatoms. The fourth-order valence-corrected chi connectivity index (χ4v) is 6.41. The summed E-state index contributed by atoms with van der Waals surface area (Å²) in [4.78, 5) is 64.4. The Morgan fingerprint density at radius 3 is 1.84 bits per heavy atom. The summed E-state index contributed by atoms with van der Waals surface area (Å²) in [5.74, 6) is 0.0998. The number of rotatable bonds is 10. The molecule has 0 amide bonds. The lowest BCUT2D eigenvalue weighted by Crippen LogP contribution is -2.43. The van der Waals surface area contributed by atoms with Crippen molar-refractivity contribution in [3.8, 4) is 0 Å². The molecule has 7 heterocycles. The number of imidazole rings is 1. The highest BCUT2D eigenvalue weighted by Crippen LogP contribution is 2.36. The maximum atomic E-state index is 12.6. The van der Waals surface area contributed by atoms with Crippen molar-refractivity contribution in [3.63, 3.8) is 0 Å². The van der Waals surface area contributed by atoms with Crippen molar-refractivity contribution in [1.82, 2.24) is 38.6 Å². The molecular formula is C28H33N9O14. The van der Waals surface area contributed by atoms with Gasteiger partial charge in [-0.15, -0.1) is 0 Å². The highest BCUT2D eigenvalue weighted by molar-refractivity contribution is 5.81. The van der Waals surface area contributed by atoms with Crippen molar-refractivity contribution in [1.29, 1.82) is 0 Å². The van der Waals surface area contributed by atoms with Crippen LogP contribution in [0.15, 0.2) is 56.4 Å². The van der Waals surface area contributed by atoms with Gasteiger partial charge in [-0.3, -0.25) is 33.3 Å². The Morgan fingerprint density at radius 2 is 1.24 bits per heavy atom. The fourth-order valence-electron chi connectivity index (χ4n) is 6.41. The summed E-state index contributed by atoms with van der Waals surface area (Å²) in [6.07, 6.45) is -11.5. The first kappa shape index (κ1) is 34.7. The van der Waals surface area contributed by atoms with Gasteiger partial charge in [0.1, 0.15) is 66.8 Å². The number of nitrogens with two attached hydrogens (primary N) is 1. The van der Waals surface area contributed by atoms with E-state index >= 15 is 0 Å². The van der Waals surface area contributed by atoms with E-state index in [0.717, 1.165) is 33.7 Å². The molecule has 3 aliphatic rings. The van der Waals surface area contributed by atoms with Gasteiger partial charge in [-0.25, -0.2) is 24.5 Å². The van der Waals surface area contributed by atoms with E-state index in [2.05, 4.69) is 19.9 Å². The summed E-state index contributed by atoms with van der Waals surface area (Å²) in [6, 6.07) is 2.07. The molecular weight excluding hydrogens is 686 g/mol. The van der Waals surface area contributed by atoms with Gasteiger partial charge in [-0.1, -0.05) is 0 Å². The minimum Gasteiger partial charge on any atom is -0.394 e. The average molecular weight is 720 g/mol. The number of aromatic nitrogens is 8. The van der Waals surface area contributed by atoms with Crippen LogP contribution < -0.4 is 28.2 Å². The Morgan fingerprint density at radius 1 is 0.706 bits per heavy atom. The molecule has 12 atom stereocenters. The van der Waals surface area contributed by atoms with Crippen LogP contribution in [-0.2, 0) is 23.7 Å². The number of ether oxygens (including phenoxy) is 5. The highest BCUT2D eigenvalue weighted by Gasteiger charge is 2.51. The number of H-pyrrole nitrogens is 2. The Kier molecular flexibility index (Phi) is 9.40. The molecule has 3 aliphatic heterocycles. The number of hydrogen-bond donors (Lipinski definition) is 8. The molecule has 0 aromatic carbocycles. The molecule has 274 valence electrons. The Hall–Kier alpha value is -4.69. The molecule has 51 heavy (non-hydrogen) atoms. The van der Waals surface area contributed by atoms with E-state index in [1.54, 1.807) is 0 Å². The summed E-state index contributed by atoms with van der Waals surface area (Å²) >= 11 is 0. The van der Waals surface area contributed by atoms with E-state index in [0.29, 0.717) is 0 Å². The van der Waals surface area contributed by atoms with Crippen molar-refractivity contribution in [2.45, 2.75) is 73.6 Å². The third kappa shape index (κ3) is 6.28. The van der Waals surface area contributed by atoms with Crippen LogP contribution in [0.2, 0.25) is 0 Å². The van der Waals surface area contributed by atoms with Gasteiger partial charge in [0.25, 0.3) is 11.1 Å². The maximum Gasteiger partial charge on any atom is 0.330 e. The maximum absolute atomic E-state index is 12.6. The monoisotopic (exact) mass is 719 g/mol. The number of aliphatic hydroxyl groups excluding tert-OH is 5. The molecule has 7 rings (SSSR count). The second-order valence-corrected chi connectivity index (χ2v) is 12.1. The van der Waals surface area contributed by atoms with E-state index in [-0.39, 0.29) is 17.0 Å². The van der Waals surface area contributed by atoms with E-state index in [1.807, 2.05) is 4.98 Å². The van der Waals surface area contributed by atoms with Crippen molar-refractivity contribution in [2.75, 3.05) is 25.6 Å². The standard InChI is InChI=1S/C28H33N9O14/c29-22-15-23(31-8-30-22)37(9-32-15)26-18(43)20(10(5-38)49-26)48-7-12-21(19(44)25(51-12)36-4-2-14(40)34-28(36)46)47-6-11-16(41)17(42)24(50-11)35-3-1-13(39)33-27(35)45/h1-4,8-12,16-21,24-26,38,41-44H,5-7H2,(H2,29,30,31)(H,33,39,45)(H,34,40,46)/t10-,11-,12-,16-,17-,18-,19-,20-,21-,24-,25-,26-/m1/s1. The van der Waals surface area contributed by atoms with Crippen LogP contribution in [-0.4, -0.2) is 139 Å². The van der Waals surface area contributed by atoms with E-state index < -0.39 is 116 Å². The Balaban J connectivity index is 1.10. The van der Waals surface area contributed by atoms with Crippen LogP contribution >= 0.6 is 0 Å². The zero-order valence-electron chi connectivity index (χ0n) is 26.2. The summed E-state index contributed by atoms with van der Waals surface area (Å²) < 4.78 is 32.7. The summed E-state index contributed by atoms with van der Waals surface area (Å²) in [7, 11) is 0. The predicted octanol–water partition coefficient (Wildman–Crippen LogP) is -5.59. The first-order chi connectivity index (χ1) is 24.5. The van der Waals surface area contributed by atoms with E-state index in [4.69, 9.17) is 29.4 Å². The molecule has 9 N–H and O–H groups in total. The SMILES string of the molecule is Nc1ncnc2c1ncn2[C@@H]1O[C@H](CO)[C@@H](OC[C@H]2O[C@@H](n3ccc(=O)[nH]c3=O)[C@H](O)[C@@H]2OC[C@H]2O[C@@H](n3ccc(=O)[nH]c3=O)[C@H](O)[C@@H]2O)[C@H]1O. The third-order valence-corrected chi connectivity index (χ3v) is 8.95. The smallest absolute Gasteiger partial charge is 0.330 e. The van der Waals surface area contributed by atoms with Gasteiger partial charge < -0.3 is 55.0 Å². The van der Waals surface area contributed by atoms with E-state index in [9.17, 15) is 44.7 Å². The number of anilines is 1. The molecule has 0 spiro atoms. The Bertz CT molecular complexity index is 2120. The first-order valence-corrected chi connectivity index (χ1v) is 15.6. The van der Waals surface area contributed by atoms with Crippen molar-refractivity contribution in [3.05, 3.63) is 78.9 Å². The lowest BCUT2D eigenvalue weighted by atomic mass is 10.1. The number of nitrogen functional groups attached to an aromatic ring is 1. The largest absolute Gasteiger partial charge is 0.394 e. The lowest BCUT2D eigenvalue weighted by molar-refractivity contribution is -0.132. The number of nitrogens with one attached hydrogen (secondary N) is 2. The minimum absolute atomic E-state index is 0.0998. The Labute approximate surface area is 283 Å². The number of hydrogen-bond acceptors (Lipinski definition) is 18. The number of aromatic amines is 2. The molecule has 0 radical (unpaired) electrons. The predicted molar refractivity (Wildman–Crippen MR) is 165 cm³/mol. The highest BCUT2D eigenvalue weighted by atomic mass is 16.6. The van der Waals surface area contributed by atoms with Gasteiger partial charge in [0.15, 0.2) is 30.1 Å². The average Bonchev–Trinajstić information content (AvgIpc) is 3.83. The molecule has 0 unspecified atom stereocenters. The fraction of sp³-hybridized carbons (Fsp3) is 0.536. The molecule has 0 bridgehead atoms. The van der Waals surface area contributed by atoms with Crippen molar-refractivity contribution in [2.24, 2.45) is 0 Å². The van der Waals surface area contributed by atoms with Crippen LogP contribution in [0.4, 0.5) is 5.82 Å². The van der Waals surface area contributed by atoms with E-state index in [1.165, 1.54) is 17.2 Å². The van der Waals surface area contributed by atoms with Gasteiger partial charge in [-0.05, 0) is 0 Å². The molecule has 3 saturated heterocycles. The first-order valence-electron chi connectivity index (χ1n) is 15.6. The number of aliphatic hydroxyl groups is 5. The van der Waals surface area contributed by atoms with Crippen LogP contribution in [0, 0.1) is 0 Å². The van der Waals surface area contributed by atoms with Crippen LogP contribution in [0.1, 0.15) is 18.7 Å². The normalized spacial score (nSPS) is 33.7. The van der Waals surface area contributed by atoms with Crippen LogP contribution in [0.25, 0.3) is 11.2 Å². The summed E-state index contributed by atoms with van der Waals surface area (Å²) in [6.45, 7) is -1.49. The van der Waals surface area contributed by atoms with Gasteiger partial charge >= 0.3 is 11.4 Å². The van der Waals surface area contributed by atoms with Gasteiger partial charge in [0.2, 0.25) is 0 Å². The van der Waals surface area contributed by atoms with Crippen LogP contribution in [0.3, 0.4) is 0 Å². The van der Waals surface area contributed by atoms with Gasteiger partial charge in [-0.2, -0.15) is 0 Å². The van der Waals surface area contributed by atoms with Gasteiger partial charge in [0.05, 0.1) is 26.1 Å². The zero-order valence-corrected chi connectivity index (χ0v) is 26.2. The second-order valence-electron chi connectivity index (χ2n) is 12.1. The lowest BCUT2D eigenvalue weighted by Gasteiger charge is -2.26. The van der Waals surface area contributed by atoms with Crippen LogP contribution in [0.5, 0.6) is 0 Å². The zero-order chi connectivity index (χ0) is 36.1. The van der Waals surface area contributed by atoms with Crippen molar-refractivity contribution >= 4 is 17.0 Å². The third-order valence-electron chi connectivity index (χ3n) is 8.95. The summed E-state index contributed by atoms with van der Waals surface area (Å²) in [5, 5.41) is 54.1. The second kappa shape index (κ2) is 13.8. The molecule has 23 nitrogen and oxygen atoms in total. The van der Waals surface area contributed by atoms with Gasteiger partial charge in [0, 0.05) is 24.5 Å². The molecule has 3 fully saturated rings. The molecule has 0 saturated carbocycles. The minimum atomic E-state index is -1.62. The molecule has 4 aromatic rings. The quantitative estimate of drug-likeness (QED) is 0.0757.